The summed E-state index contributed by atoms with van der Waals surface area (Å²) < 4.78 is 4.89. The van der Waals surface area contributed by atoms with Crippen LogP contribution in [0.3, 0.4) is 0 Å². The van der Waals surface area contributed by atoms with Gasteiger partial charge in [-0.25, -0.2) is 0 Å². The van der Waals surface area contributed by atoms with E-state index < -0.39 is 23.7 Å². The van der Waals surface area contributed by atoms with E-state index in [9.17, 15) is 24.0 Å². The smallest absolute Gasteiger partial charge is 0.325 e. The molecule has 0 unspecified atom stereocenters. The lowest BCUT2D eigenvalue weighted by Gasteiger charge is -2.14. The van der Waals surface area contributed by atoms with Crippen LogP contribution in [0.2, 0.25) is 0 Å². The first-order valence-corrected chi connectivity index (χ1v) is 7.52. The Bertz CT molecular complexity index is 695. The second-order valence-electron chi connectivity index (χ2n) is 5.21. The molecule has 0 atom stereocenters. The number of benzene rings is 1. The maximum Gasteiger partial charge on any atom is 0.325 e. The molecule has 132 valence electrons. The summed E-state index contributed by atoms with van der Waals surface area (Å²) in [6.45, 7) is 0.406. The van der Waals surface area contributed by atoms with Gasteiger partial charge in [0.25, 0.3) is 11.8 Å². The van der Waals surface area contributed by atoms with E-state index in [1.165, 1.54) is 6.92 Å². The van der Waals surface area contributed by atoms with Crippen molar-refractivity contribution in [1.29, 1.82) is 0 Å². The van der Waals surface area contributed by atoms with E-state index in [0.717, 1.165) is 4.90 Å². The van der Waals surface area contributed by atoms with Crippen molar-refractivity contribution >= 4 is 29.6 Å². The van der Waals surface area contributed by atoms with Gasteiger partial charge >= 0.3 is 5.97 Å². The molecule has 4 amide bonds. The number of rotatable bonds is 7. The lowest BCUT2D eigenvalue weighted by Crippen LogP contribution is -2.39. The first-order chi connectivity index (χ1) is 11.9. The molecule has 1 aliphatic heterocycles. The predicted octanol–water partition coefficient (Wildman–Crippen LogP) is -0.922. The fraction of sp³-hybridized carbons (Fsp3) is 0.312. The van der Waals surface area contributed by atoms with Gasteiger partial charge in [-0.2, -0.15) is 0 Å². The standard InChI is InChI=1S/C16H17N3O6/c1-10(20)17-8-13(21)18-9-14(22)25-7-6-19-15(23)11-4-2-3-5-12(11)16(19)24/h2-5H,6-9H2,1H3,(H,17,20)(H,18,21). The molecule has 1 aromatic rings. The van der Waals surface area contributed by atoms with Crippen LogP contribution in [0.15, 0.2) is 24.3 Å². The molecule has 0 spiro atoms. The number of ether oxygens (including phenoxy) is 1. The number of amides is 4. The van der Waals surface area contributed by atoms with Crippen LogP contribution in [0.4, 0.5) is 0 Å². The van der Waals surface area contributed by atoms with Gasteiger partial charge in [-0.3, -0.25) is 28.9 Å². The molecule has 0 aliphatic carbocycles. The van der Waals surface area contributed by atoms with Gasteiger partial charge in [0.2, 0.25) is 11.8 Å². The summed E-state index contributed by atoms with van der Waals surface area (Å²) in [4.78, 5) is 58.7. The number of carbonyl (C=O) groups excluding carboxylic acids is 5. The minimum absolute atomic E-state index is 0.0715. The van der Waals surface area contributed by atoms with Crippen LogP contribution in [0.25, 0.3) is 0 Å². The number of fused-ring (bicyclic) bond motifs is 1. The summed E-state index contributed by atoms with van der Waals surface area (Å²) in [7, 11) is 0. The molecule has 0 radical (unpaired) electrons. The number of nitrogens with one attached hydrogen (secondary N) is 2. The van der Waals surface area contributed by atoms with Gasteiger partial charge in [0.1, 0.15) is 13.2 Å². The summed E-state index contributed by atoms with van der Waals surface area (Å²) in [6, 6.07) is 6.45. The molecule has 0 fully saturated rings. The molecule has 0 saturated heterocycles. The summed E-state index contributed by atoms with van der Waals surface area (Å²) in [5, 5.41) is 4.56. The number of nitrogens with zero attached hydrogens (tertiary/aromatic N) is 1. The second-order valence-corrected chi connectivity index (χ2v) is 5.21. The van der Waals surface area contributed by atoms with Gasteiger partial charge in [-0.15, -0.1) is 0 Å². The van der Waals surface area contributed by atoms with Gasteiger partial charge in [0.15, 0.2) is 0 Å². The quantitative estimate of drug-likeness (QED) is 0.486. The van der Waals surface area contributed by atoms with E-state index >= 15 is 0 Å². The Kier molecular flexibility index (Phi) is 5.83. The molecule has 2 N–H and O–H groups in total. The van der Waals surface area contributed by atoms with Crippen LogP contribution in [-0.4, -0.2) is 60.7 Å². The molecule has 1 heterocycles. The number of hydrogen-bond donors (Lipinski definition) is 2. The highest BCUT2D eigenvalue weighted by Gasteiger charge is 2.34. The maximum absolute atomic E-state index is 12.1. The van der Waals surface area contributed by atoms with Gasteiger partial charge in [-0.1, -0.05) is 12.1 Å². The normalized spacial score (nSPS) is 12.6. The first kappa shape index (κ1) is 18.1. The third kappa shape index (κ3) is 4.63. The summed E-state index contributed by atoms with van der Waals surface area (Å²) >= 11 is 0. The van der Waals surface area contributed by atoms with Gasteiger partial charge in [-0.05, 0) is 12.1 Å². The Morgan fingerprint density at radius 1 is 1.00 bits per heavy atom. The lowest BCUT2D eigenvalue weighted by atomic mass is 10.1. The Morgan fingerprint density at radius 3 is 2.16 bits per heavy atom. The van der Waals surface area contributed by atoms with Crippen molar-refractivity contribution in [3.8, 4) is 0 Å². The summed E-state index contributed by atoms with van der Waals surface area (Å²) in [6.07, 6.45) is 0. The number of hydrogen-bond acceptors (Lipinski definition) is 6. The van der Waals surface area contributed by atoms with Gasteiger partial charge in [0.05, 0.1) is 24.2 Å². The topological polar surface area (TPSA) is 122 Å². The summed E-state index contributed by atoms with van der Waals surface area (Å²) in [5.74, 6) is -2.47. The molecule has 1 aromatic carbocycles. The SMILES string of the molecule is CC(=O)NCC(=O)NCC(=O)OCCN1C(=O)c2ccccc2C1=O. The molecule has 9 heteroatoms. The van der Waals surface area contributed by atoms with E-state index in [4.69, 9.17) is 4.74 Å². The zero-order chi connectivity index (χ0) is 18.4. The lowest BCUT2D eigenvalue weighted by molar-refractivity contribution is -0.144. The minimum Gasteiger partial charge on any atom is -0.462 e. The third-order valence-electron chi connectivity index (χ3n) is 3.38. The van der Waals surface area contributed by atoms with Crippen molar-refractivity contribution in [2.24, 2.45) is 0 Å². The number of esters is 1. The number of imide groups is 1. The highest BCUT2D eigenvalue weighted by Crippen LogP contribution is 2.21. The highest BCUT2D eigenvalue weighted by molar-refractivity contribution is 6.21. The van der Waals surface area contributed by atoms with Crippen molar-refractivity contribution in [1.82, 2.24) is 15.5 Å². The Morgan fingerprint density at radius 2 is 1.60 bits per heavy atom. The van der Waals surface area contributed by atoms with Gasteiger partial charge in [0, 0.05) is 6.92 Å². The molecule has 1 aliphatic rings. The van der Waals surface area contributed by atoms with Crippen LogP contribution in [0, 0.1) is 0 Å². The second kappa shape index (κ2) is 8.04. The van der Waals surface area contributed by atoms with Crippen molar-refractivity contribution in [3.05, 3.63) is 35.4 Å². The Hall–Kier alpha value is -3.23. The largest absolute Gasteiger partial charge is 0.462 e. The highest BCUT2D eigenvalue weighted by atomic mass is 16.5. The molecule has 9 nitrogen and oxygen atoms in total. The van der Waals surface area contributed by atoms with E-state index in [0.29, 0.717) is 11.1 Å². The van der Waals surface area contributed by atoms with Crippen LogP contribution in [0.5, 0.6) is 0 Å². The zero-order valence-corrected chi connectivity index (χ0v) is 13.5. The van der Waals surface area contributed by atoms with E-state index in [1.54, 1.807) is 24.3 Å². The minimum atomic E-state index is -0.715. The average molecular weight is 347 g/mol. The molecular weight excluding hydrogens is 330 g/mol. The van der Waals surface area contributed by atoms with E-state index in [-0.39, 0.29) is 32.1 Å². The molecule has 2 rings (SSSR count). The first-order valence-electron chi connectivity index (χ1n) is 7.52. The molecule has 0 bridgehead atoms. The van der Waals surface area contributed by atoms with Crippen molar-refractivity contribution in [2.45, 2.75) is 6.92 Å². The van der Waals surface area contributed by atoms with Crippen LogP contribution in [-0.2, 0) is 19.1 Å². The molecule has 0 aromatic heterocycles. The fourth-order valence-electron chi connectivity index (χ4n) is 2.18. The maximum atomic E-state index is 12.1. The average Bonchev–Trinajstić information content (AvgIpc) is 2.83. The van der Waals surface area contributed by atoms with Crippen molar-refractivity contribution in [2.75, 3.05) is 26.2 Å². The van der Waals surface area contributed by atoms with Crippen molar-refractivity contribution in [3.63, 3.8) is 0 Å². The zero-order valence-electron chi connectivity index (χ0n) is 13.5. The third-order valence-corrected chi connectivity index (χ3v) is 3.38. The molecular formula is C16H17N3O6. The Balaban J connectivity index is 1.72. The van der Waals surface area contributed by atoms with Crippen LogP contribution in [0.1, 0.15) is 27.6 Å². The van der Waals surface area contributed by atoms with E-state index in [2.05, 4.69) is 10.6 Å². The fourth-order valence-corrected chi connectivity index (χ4v) is 2.18. The molecule has 25 heavy (non-hydrogen) atoms. The van der Waals surface area contributed by atoms with Crippen molar-refractivity contribution < 1.29 is 28.7 Å². The Labute approximate surface area is 143 Å². The van der Waals surface area contributed by atoms with Crippen LogP contribution < -0.4 is 10.6 Å². The predicted molar refractivity (Wildman–Crippen MR) is 84.5 cm³/mol. The summed E-state index contributed by atoms with van der Waals surface area (Å²) in [5.41, 5.74) is 0.646. The monoisotopic (exact) mass is 347 g/mol. The van der Waals surface area contributed by atoms with Gasteiger partial charge < -0.3 is 15.4 Å². The van der Waals surface area contributed by atoms with E-state index in [1.807, 2.05) is 0 Å². The molecule has 0 saturated carbocycles. The number of carbonyl (C=O) groups is 5. The van der Waals surface area contributed by atoms with Crippen LogP contribution >= 0.6 is 0 Å².